The van der Waals surface area contributed by atoms with Crippen LogP contribution in [0.2, 0.25) is 0 Å². The molecule has 0 saturated carbocycles. The number of methoxy groups -OCH3 is 1. The highest BCUT2D eigenvalue weighted by Gasteiger charge is 2.12. The van der Waals surface area contributed by atoms with Crippen molar-refractivity contribution in [3.8, 4) is 22.1 Å². The lowest BCUT2D eigenvalue weighted by molar-refractivity contribution is -0.118. The van der Waals surface area contributed by atoms with Crippen molar-refractivity contribution in [2.75, 3.05) is 19.5 Å². The summed E-state index contributed by atoms with van der Waals surface area (Å²) >= 11 is 6.31. The largest absolute Gasteiger partial charge is 0.493 e. The summed E-state index contributed by atoms with van der Waals surface area (Å²) in [5.41, 5.74) is 4.32. The van der Waals surface area contributed by atoms with Crippen molar-refractivity contribution in [1.82, 2.24) is 15.6 Å². The number of nitrogens with zero attached hydrogens (tertiary/aromatic N) is 3. The number of aromatic nitrogens is 2. The zero-order valence-corrected chi connectivity index (χ0v) is 21.6. The standard InChI is InChI=1S/C23H25BrN4O3S2/c1-3-4-8-11-31-21-18(24)12-16(13-19(21)30-2)14-25-26-20(29)15-32-23-28-27-22(33-23)17-9-6-5-7-10-17/h5-7,9-10,12-14H,3-4,8,11,15H2,1-2H3,(H,26,29). The third-order valence-corrected chi connectivity index (χ3v) is 7.10. The first kappa shape index (κ1) is 25.2. The summed E-state index contributed by atoms with van der Waals surface area (Å²) in [6, 6.07) is 13.5. The first-order valence-corrected chi connectivity index (χ1v) is 13.0. The third-order valence-electron chi connectivity index (χ3n) is 4.40. The maximum atomic E-state index is 12.2. The molecule has 0 bridgehead atoms. The SMILES string of the molecule is CCCCCOc1c(Br)cc(C=NNC(=O)CSc2nnc(-c3ccccc3)s2)cc1OC. The number of hydrazone groups is 1. The number of amides is 1. The van der Waals surface area contributed by atoms with Crippen LogP contribution in [0.25, 0.3) is 10.6 Å². The molecule has 0 unspecified atom stereocenters. The lowest BCUT2D eigenvalue weighted by atomic mass is 10.2. The fourth-order valence-electron chi connectivity index (χ4n) is 2.78. The zero-order valence-electron chi connectivity index (χ0n) is 18.4. The van der Waals surface area contributed by atoms with Crippen LogP contribution in [-0.4, -0.2) is 41.8 Å². The second kappa shape index (κ2) is 13.3. The second-order valence-electron chi connectivity index (χ2n) is 6.91. The number of ether oxygens (including phenoxy) is 2. The van der Waals surface area contributed by atoms with Gasteiger partial charge in [0.2, 0.25) is 0 Å². The first-order chi connectivity index (χ1) is 16.1. The average Bonchev–Trinajstić information content (AvgIpc) is 3.31. The molecular formula is C23H25BrN4O3S2. The van der Waals surface area contributed by atoms with Crippen LogP contribution in [0.1, 0.15) is 31.7 Å². The Morgan fingerprint density at radius 1 is 1.24 bits per heavy atom. The average molecular weight is 550 g/mol. The van der Waals surface area contributed by atoms with Gasteiger partial charge in [-0.3, -0.25) is 4.79 Å². The fourth-order valence-corrected chi connectivity index (χ4v) is 5.01. The molecule has 0 saturated heterocycles. The number of benzene rings is 2. The summed E-state index contributed by atoms with van der Waals surface area (Å²) < 4.78 is 12.8. The molecule has 0 aliphatic rings. The summed E-state index contributed by atoms with van der Waals surface area (Å²) in [6.07, 6.45) is 4.81. The van der Waals surface area contributed by atoms with Crippen molar-refractivity contribution in [3.63, 3.8) is 0 Å². The lowest BCUT2D eigenvalue weighted by Gasteiger charge is -2.13. The summed E-state index contributed by atoms with van der Waals surface area (Å²) in [6.45, 7) is 2.78. The van der Waals surface area contributed by atoms with Gasteiger partial charge in [0.05, 0.1) is 30.2 Å². The second-order valence-corrected chi connectivity index (χ2v) is 9.97. The number of unbranched alkanes of at least 4 members (excludes halogenated alkanes) is 2. The molecule has 33 heavy (non-hydrogen) atoms. The van der Waals surface area contributed by atoms with Gasteiger partial charge in [0.1, 0.15) is 5.01 Å². The van der Waals surface area contributed by atoms with E-state index in [1.807, 2.05) is 42.5 Å². The summed E-state index contributed by atoms with van der Waals surface area (Å²) in [7, 11) is 1.59. The van der Waals surface area contributed by atoms with E-state index in [-0.39, 0.29) is 11.7 Å². The molecule has 2 aromatic carbocycles. The van der Waals surface area contributed by atoms with Crippen LogP contribution >= 0.6 is 39.0 Å². The minimum Gasteiger partial charge on any atom is -0.493 e. The molecule has 174 valence electrons. The number of hydrogen-bond donors (Lipinski definition) is 1. The molecule has 0 radical (unpaired) electrons. The van der Waals surface area contributed by atoms with Crippen LogP contribution in [0.15, 0.2) is 56.4 Å². The van der Waals surface area contributed by atoms with Crippen LogP contribution in [0.5, 0.6) is 11.5 Å². The number of rotatable bonds is 12. The Morgan fingerprint density at radius 2 is 2.06 bits per heavy atom. The molecule has 1 N–H and O–H groups in total. The molecule has 7 nitrogen and oxygen atoms in total. The summed E-state index contributed by atoms with van der Waals surface area (Å²) in [4.78, 5) is 12.2. The van der Waals surface area contributed by atoms with E-state index in [2.05, 4.69) is 43.6 Å². The third kappa shape index (κ3) is 7.83. The number of nitrogens with one attached hydrogen (secondary N) is 1. The Labute approximate surface area is 210 Å². The summed E-state index contributed by atoms with van der Waals surface area (Å²) in [5.74, 6) is 1.24. The van der Waals surface area contributed by atoms with Crippen LogP contribution in [-0.2, 0) is 4.79 Å². The Balaban J connectivity index is 1.50. The molecule has 1 heterocycles. The first-order valence-electron chi connectivity index (χ1n) is 10.4. The number of carbonyl (C=O) groups excluding carboxylic acids is 1. The van der Waals surface area contributed by atoms with E-state index in [4.69, 9.17) is 9.47 Å². The predicted octanol–water partition coefficient (Wildman–Crippen LogP) is 5.79. The fraction of sp³-hybridized carbons (Fsp3) is 0.304. The van der Waals surface area contributed by atoms with E-state index in [0.717, 1.165) is 44.2 Å². The van der Waals surface area contributed by atoms with Crippen molar-refractivity contribution in [3.05, 3.63) is 52.5 Å². The van der Waals surface area contributed by atoms with Gasteiger partial charge in [-0.2, -0.15) is 5.10 Å². The van der Waals surface area contributed by atoms with E-state index in [0.29, 0.717) is 18.1 Å². The van der Waals surface area contributed by atoms with Crippen LogP contribution in [0, 0.1) is 0 Å². The molecule has 10 heteroatoms. The van der Waals surface area contributed by atoms with Gasteiger partial charge < -0.3 is 9.47 Å². The van der Waals surface area contributed by atoms with Gasteiger partial charge in [-0.15, -0.1) is 10.2 Å². The molecule has 0 spiro atoms. The van der Waals surface area contributed by atoms with Gasteiger partial charge in [-0.25, -0.2) is 5.43 Å². The molecule has 1 aromatic heterocycles. The molecule has 3 rings (SSSR count). The number of carbonyl (C=O) groups is 1. The number of halogens is 1. The van der Waals surface area contributed by atoms with Crippen molar-refractivity contribution < 1.29 is 14.3 Å². The van der Waals surface area contributed by atoms with Gasteiger partial charge >= 0.3 is 0 Å². The van der Waals surface area contributed by atoms with E-state index < -0.39 is 0 Å². The van der Waals surface area contributed by atoms with E-state index in [9.17, 15) is 4.79 Å². The monoisotopic (exact) mass is 548 g/mol. The zero-order chi connectivity index (χ0) is 23.5. The summed E-state index contributed by atoms with van der Waals surface area (Å²) in [5, 5.41) is 13.2. The molecular weight excluding hydrogens is 524 g/mol. The Morgan fingerprint density at radius 3 is 2.82 bits per heavy atom. The minimum absolute atomic E-state index is 0.193. The highest BCUT2D eigenvalue weighted by atomic mass is 79.9. The van der Waals surface area contributed by atoms with Gasteiger partial charge in [0, 0.05) is 5.56 Å². The van der Waals surface area contributed by atoms with Gasteiger partial charge in [0.15, 0.2) is 15.8 Å². The molecule has 0 fully saturated rings. The van der Waals surface area contributed by atoms with Crippen molar-refractivity contribution >= 4 is 51.2 Å². The van der Waals surface area contributed by atoms with E-state index in [1.54, 1.807) is 13.3 Å². The Hall–Kier alpha value is -2.43. The normalized spacial score (nSPS) is 11.0. The van der Waals surface area contributed by atoms with Gasteiger partial charge in [-0.05, 0) is 40.0 Å². The van der Waals surface area contributed by atoms with Crippen molar-refractivity contribution in [2.45, 2.75) is 30.5 Å². The highest BCUT2D eigenvalue weighted by Crippen LogP contribution is 2.36. The quantitative estimate of drug-likeness (QED) is 0.133. The lowest BCUT2D eigenvalue weighted by Crippen LogP contribution is -2.19. The maximum absolute atomic E-state index is 12.2. The molecule has 3 aromatic rings. The molecule has 0 atom stereocenters. The van der Waals surface area contributed by atoms with Gasteiger partial charge in [0.25, 0.3) is 5.91 Å². The van der Waals surface area contributed by atoms with E-state index >= 15 is 0 Å². The highest BCUT2D eigenvalue weighted by molar-refractivity contribution is 9.10. The Kier molecular flexibility index (Phi) is 10.2. The molecule has 0 aliphatic carbocycles. The smallest absolute Gasteiger partial charge is 0.250 e. The van der Waals surface area contributed by atoms with Crippen molar-refractivity contribution in [1.29, 1.82) is 0 Å². The number of thioether (sulfide) groups is 1. The van der Waals surface area contributed by atoms with Crippen molar-refractivity contribution in [2.24, 2.45) is 5.10 Å². The van der Waals surface area contributed by atoms with Crippen LogP contribution in [0.4, 0.5) is 0 Å². The topological polar surface area (TPSA) is 85.7 Å². The molecule has 0 aliphatic heterocycles. The maximum Gasteiger partial charge on any atom is 0.250 e. The molecule has 1 amide bonds. The van der Waals surface area contributed by atoms with Crippen LogP contribution < -0.4 is 14.9 Å². The minimum atomic E-state index is -0.227. The van der Waals surface area contributed by atoms with E-state index in [1.165, 1.54) is 23.1 Å². The Bertz CT molecular complexity index is 1080. The van der Waals surface area contributed by atoms with Gasteiger partial charge in [-0.1, -0.05) is 73.2 Å². The predicted molar refractivity (Wildman–Crippen MR) is 138 cm³/mol. The van der Waals surface area contributed by atoms with Crippen LogP contribution in [0.3, 0.4) is 0 Å². The number of hydrogen-bond acceptors (Lipinski definition) is 8.